The number of anilines is 1. The molecule has 0 radical (unpaired) electrons. The number of nitrogens with one attached hydrogen (secondary N) is 1. The zero-order valence-electron chi connectivity index (χ0n) is 13.6. The Kier molecular flexibility index (Phi) is 5.28. The molecule has 0 unspecified atom stereocenters. The number of benzene rings is 2. The summed E-state index contributed by atoms with van der Waals surface area (Å²) in [6.45, 7) is 1.17. The van der Waals surface area contributed by atoms with Crippen LogP contribution in [0, 0.1) is 5.82 Å². The van der Waals surface area contributed by atoms with Crippen molar-refractivity contribution in [3.8, 4) is 11.5 Å². The number of amides is 1. The van der Waals surface area contributed by atoms with Gasteiger partial charge in [0.1, 0.15) is 5.82 Å². The number of fused-ring (bicyclic) bond motifs is 1. The van der Waals surface area contributed by atoms with Crippen molar-refractivity contribution >= 4 is 17.4 Å². The van der Waals surface area contributed by atoms with Crippen molar-refractivity contribution in [3.05, 3.63) is 53.8 Å². The van der Waals surface area contributed by atoms with E-state index in [1.807, 2.05) is 0 Å². The highest BCUT2D eigenvalue weighted by atomic mass is 19.1. The number of ether oxygens (including phenoxy) is 2. The Morgan fingerprint density at radius 1 is 0.960 bits per heavy atom. The number of rotatable bonds is 5. The minimum atomic E-state index is -0.399. The van der Waals surface area contributed by atoms with E-state index < -0.39 is 5.82 Å². The van der Waals surface area contributed by atoms with Gasteiger partial charge in [-0.25, -0.2) is 4.39 Å². The van der Waals surface area contributed by atoms with E-state index in [0.717, 1.165) is 6.42 Å². The molecule has 1 aliphatic rings. The number of hydrogen-bond acceptors (Lipinski definition) is 4. The van der Waals surface area contributed by atoms with Gasteiger partial charge in [0.25, 0.3) is 0 Å². The monoisotopic (exact) mass is 343 g/mol. The summed E-state index contributed by atoms with van der Waals surface area (Å²) in [5.74, 6) is 0.377. The number of hydrogen-bond donors (Lipinski definition) is 1. The molecule has 1 heterocycles. The molecule has 2 aromatic rings. The van der Waals surface area contributed by atoms with E-state index in [4.69, 9.17) is 9.47 Å². The van der Waals surface area contributed by atoms with Crippen molar-refractivity contribution in [2.75, 3.05) is 18.5 Å². The minimum absolute atomic E-state index is 0.0463. The van der Waals surface area contributed by atoms with E-state index >= 15 is 0 Å². The van der Waals surface area contributed by atoms with Crippen LogP contribution in [-0.4, -0.2) is 24.9 Å². The van der Waals surface area contributed by atoms with Crippen molar-refractivity contribution < 1.29 is 23.5 Å². The standard InChI is InChI=1S/C19H18FNO4/c20-14-4-2-13(3-5-14)16(22)7-9-19(23)21-15-6-8-17-18(12-15)25-11-1-10-24-17/h2-6,8,12H,1,7,9-11H2,(H,21,23). The molecule has 0 bridgehead atoms. The van der Waals surface area contributed by atoms with Crippen LogP contribution in [0.25, 0.3) is 0 Å². The normalized spacial score (nSPS) is 13.0. The number of carbonyl (C=O) groups is 2. The summed E-state index contributed by atoms with van der Waals surface area (Å²) in [5.41, 5.74) is 0.980. The number of ketones is 1. The first kappa shape index (κ1) is 17.0. The third kappa shape index (κ3) is 4.56. The van der Waals surface area contributed by atoms with E-state index in [-0.39, 0.29) is 24.5 Å². The predicted molar refractivity (Wildman–Crippen MR) is 90.6 cm³/mol. The molecule has 1 N–H and O–H groups in total. The van der Waals surface area contributed by atoms with Gasteiger partial charge in [0, 0.05) is 36.6 Å². The van der Waals surface area contributed by atoms with E-state index in [2.05, 4.69) is 5.32 Å². The second-order valence-corrected chi connectivity index (χ2v) is 5.69. The summed E-state index contributed by atoms with van der Waals surface area (Å²) in [5, 5.41) is 2.74. The zero-order valence-corrected chi connectivity index (χ0v) is 13.6. The van der Waals surface area contributed by atoms with Crippen LogP contribution >= 0.6 is 0 Å². The Balaban J connectivity index is 1.55. The molecule has 0 atom stereocenters. The van der Waals surface area contributed by atoms with E-state index in [1.54, 1.807) is 18.2 Å². The van der Waals surface area contributed by atoms with Crippen molar-refractivity contribution in [2.24, 2.45) is 0 Å². The molecule has 0 saturated carbocycles. The highest BCUT2D eigenvalue weighted by molar-refractivity contribution is 6.00. The van der Waals surface area contributed by atoms with E-state index in [0.29, 0.717) is 36.0 Å². The van der Waals surface area contributed by atoms with Crippen LogP contribution in [0.5, 0.6) is 11.5 Å². The lowest BCUT2D eigenvalue weighted by atomic mass is 10.1. The minimum Gasteiger partial charge on any atom is -0.490 e. The SMILES string of the molecule is O=C(CCC(=O)c1ccc(F)cc1)Nc1ccc2c(c1)OCCCO2. The molecule has 130 valence electrons. The Labute approximate surface area is 144 Å². The third-order valence-corrected chi connectivity index (χ3v) is 3.78. The quantitative estimate of drug-likeness (QED) is 0.843. The summed E-state index contributed by atoms with van der Waals surface area (Å²) in [6, 6.07) is 10.5. The molecule has 0 saturated heterocycles. The molecule has 0 aromatic heterocycles. The first-order valence-corrected chi connectivity index (χ1v) is 8.10. The maximum absolute atomic E-state index is 12.9. The van der Waals surface area contributed by atoms with Gasteiger partial charge in [-0.1, -0.05) is 0 Å². The summed E-state index contributed by atoms with van der Waals surface area (Å²) in [4.78, 5) is 24.0. The predicted octanol–water partition coefficient (Wildman–Crippen LogP) is 3.59. The first-order valence-electron chi connectivity index (χ1n) is 8.10. The fourth-order valence-corrected chi connectivity index (χ4v) is 2.47. The summed E-state index contributed by atoms with van der Waals surface area (Å²) < 4.78 is 24.0. The summed E-state index contributed by atoms with van der Waals surface area (Å²) >= 11 is 0. The first-order chi connectivity index (χ1) is 12.1. The Hall–Kier alpha value is -2.89. The molecule has 5 nitrogen and oxygen atoms in total. The molecule has 0 aliphatic carbocycles. The van der Waals surface area contributed by atoms with Crippen molar-refractivity contribution in [3.63, 3.8) is 0 Å². The van der Waals surface area contributed by atoms with Gasteiger partial charge in [-0.3, -0.25) is 9.59 Å². The molecule has 0 fully saturated rings. The second-order valence-electron chi connectivity index (χ2n) is 5.69. The van der Waals surface area contributed by atoms with Gasteiger partial charge in [0.05, 0.1) is 13.2 Å². The Bertz CT molecular complexity index is 773. The zero-order chi connectivity index (χ0) is 17.6. The van der Waals surface area contributed by atoms with Crippen LogP contribution in [0.2, 0.25) is 0 Å². The molecule has 1 aliphatic heterocycles. The summed E-state index contributed by atoms with van der Waals surface area (Å²) in [7, 11) is 0. The second kappa shape index (κ2) is 7.79. The average Bonchev–Trinajstić information content (AvgIpc) is 2.85. The Morgan fingerprint density at radius 2 is 1.68 bits per heavy atom. The van der Waals surface area contributed by atoms with Crippen LogP contribution in [0.3, 0.4) is 0 Å². The lowest BCUT2D eigenvalue weighted by molar-refractivity contribution is -0.116. The van der Waals surface area contributed by atoms with Crippen LogP contribution < -0.4 is 14.8 Å². The molecule has 0 spiro atoms. The average molecular weight is 343 g/mol. The van der Waals surface area contributed by atoms with Crippen molar-refractivity contribution in [1.29, 1.82) is 0 Å². The molecule has 3 rings (SSSR count). The lowest BCUT2D eigenvalue weighted by Crippen LogP contribution is -2.13. The van der Waals surface area contributed by atoms with Crippen molar-refractivity contribution in [1.82, 2.24) is 0 Å². The number of halogens is 1. The molecule has 25 heavy (non-hydrogen) atoms. The fraction of sp³-hybridized carbons (Fsp3) is 0.263. The fourth-order valence-electron chi connectivity index (χ4n) is 2.47. The topological polar surface area (TPSA) is 64.6 Å². The smallest absolute Gasteiger partial charge is 0.224 e. The van der Waals surface area contributed by atoms with Gasteiger partial charge in [0.15, 0.2) is 17.3 Å². The van der Waals surface area contributed by atoms with Gasteiger partial charge in [-0.2, -0.15) is 0 Å². The lowest BCUT2D eigenvalue weighted by Gasteiger charge is -2.10. The van der Waals surface area contributed by atoms with Crippen molar-refractivity contribution in [2.45, 2.75) is 19.3 Å². The highest BCUT2D eigenvalue weighted by Gasteiger charge is 2.13. The molecule has 2 aromatic carbocycles. The van der Waals surface area contributed by atoms with Gasteiger partial charge >= 0.3 is 0 Å². The largest absolute Gasteiger partial charge is 0.490 e. The van der Waals surface area contributed by atoms with Crippen LogP contribution in [0.4, 0.5) is 10.1 Å². The summed E-state index contributed by atoms with van der Waals surface area (Å²) in [6.07, 6.45) is 0.911. The maximum Gasteiger partial charge on any atom is 0.224 e. The molecular formula is C19H18FNO4. The van der Waals surface area contributed by atoms with Gasteiger partial charge < -0.3 is 14.8 Å². The molecule has 6 heteroatoms. The van der Waals surface area contributed by atoms with Gasteiger partial charge in [-0.05, 0) is 36.4 Å². The van der Waals surface area contributed by atoms with Crippen LogP contribution in [0.15, 0.2) is 42.5 Å². The maximum atomic E-state index is 12.9. The molecular weight excluding hydrogens is 325 g/mol. The highest BCUT2D eigenvalue weighted by Crippen LogP contribution is 2.32. The van der Waals surface area contributed by atoms with Gasteiger partial charge in [-0.15, -0.1) is 0 Å². The number of Topliss-reactive ketones (excluding diaryl/α,β-unsaturated/α-hetero) is 1. The van der Waals surface area contributed by atoms with Gasteiger partial charge in [0.2, 0.25) is 5.91 Å². The van der Waals surface area contributed by atoms with Crippen LogP contribution in [0.1, 0.15) is 29.6 Å². The van der Waals surface area contributed by atoms with E-state index in [1.165, 1.54) is 24.3 Å². The van der Waals surface area contributed by atoms with E-state index in [9.17, 15) is 14.0 Å². The number of carbonyl (C=O) groups excluding carboxylic acids is 2. The third-order valence-electron chi connectivity index (χ3n) is 3.78. The Morgan fingerprint density at radius 3 is 2.44 bits per heavy atom. The molecule has 1 amide bonds. The van der Waals surface area contributed by atoms with Crippen LogP contribution in [-0.2, 0) is 4.79 Å².